The van der Waals surface area contributed by atoms with Crippen molar-refractivity contribution in [3.8, 4) is 0 Å². The number of rotatable bonds is 5. The van der Waals surface area contributed by atoms with E-state index in [1.807, 2.05) is 4.90 Å². The van der Waals surface area contributed by atoms with Gasteiger partial charge in [0.1, 0.15) is 0 Å². The molecule has 0 spiro atoms. The fourth-order valence-electron chi connectivity index (χ4n) is 3.03. The van der Waals surface area contributed by atoms with Crippen LogP contribution in [0.15, 0.2) is 0 Å². The number of carboxylic acids is 1. The van der Waals surface area contributed by atoms with Crippen LogP contribution in [0.25, 0.3) is 0 Å². The van der Waals surface area contributed by atoms with Crippen molar-refractivity contribution in [2.75, 3.05) is 39.3 Å². The summed E-state index contributed by atoms with van der Waals surface area (Å²) in [7, 11) is 0. The van der Waals surface area contributed by atoms with Gasteiger partial charge in [0, 0.05) is 58.2 Å². The van der Waals surface area contributed by atoms with E-state index in [1.165, 1.54) is 4.90 Å². The van der Waals surface area contributed by atoms with Gasteiger partial charge in [-0.15, -0.1) is 0 Å². The van der Waals surface area contributed by atoms with Gasteiger partial charge >= 0.3 is 5.97 Å². The minimum atomic E-state index is -0.938. The lowest BCUT2D eigenvalue weighted by Crippen LogP contribution is -2.51. The molecule has 2 saturated heterocycles. The van der Waals surface area contributed by atoms with E-state index < -0.39 is 11.9 Å². The Kier molecular flexibility index (Phi) is 5.39. The molecular weight excluding hydrogens is 286 g/mol. The number of hydrogen-bond acceptors (Lipinski definition) is 4. The largest absolute Gasteiger partial charge is 0.481 e. The van der Waals surface area contributed by atoms with Crippen molar-refractivity contribution in [2.45, 2.75) is 32.7 Å². The molecule has 2 amide bonds. The summed E-state index contributed by atoms with van der Waals surface area (Å²) in [5, 5.41) is 8.94. The summed E-state index contributed by atoms with van der Waals surface area (Å²) in [6.07, 6.45) is 0.330. The molecule has 7 heteroatoms. The summed E-state index contributed by atoms with van der Waals surface area (Å²) < 4.78 is 0. The van der Waals surface area contributed by atoms with Crippen LogP contribution in [0.2, 0.25) is 0 Å². The van der Waals surface area contributed by atoms with Crippen LogP contribution >= 0.6 is 0 Å². The second-order valence-corrected chi connectivity index (χ2v) is 6.34. The SMILES string of the molecule is CC(C)N1CCN(C(=O)CCN2C[C@@H](C(=O)O)CC2=O)CC1. The molecule has 0 unspecified atom stereocenters. The van der Waals surface area contributed by atoms with Crippen molar-refractivity contribution in [3.63, 3.8) is 0 Å². The number of piperazine rings is 1. The third-order valence-corrected chi connectivity index (χ3v) is 4.56. The third-order valence-electron chi connectivity index (χ3n) is 4.56. The zero-order valence-corrected chi connectivity index (χ0v) is 13.3. The summed E-state index contributed by atoms with van der Waals surface area (Å²) in [5.41, 5.74) is 0. The number of hydrogen-bond donors (Lipinski definition) is 1. The zero-order chi connectivity index (χ0) is 16.3. The van der Waals surface area contributed by atoms with Crippen LogP contribution in [0.5, 0.6) is 0 Å². The number of aliphatic carboxylic acids is 1. The molecular formula is C15H25N3O4. The van der Waals surface area contributed by atoms with Gasteiger partial charge in [0.05, 0.1) is 5.92 Å². The lowest BCUT2D eigenvalue weighted by molar-refractivity contribution is -0.141. The molecule has 0 bridgehead atoms. The van der Waals surface area contributed by atoms with Crippen molar-refractivity contribution in [3.05, 3.63) is 0 Å². The average molecular weight is 311 g/mol. The molecule has 22 heavy (non-hydrogen) atoms. The van der Waals surface area contributed by atoms with E-state index in [0.717, 1.165) is 26.2 Å². The highest BCUT2D eigenvalue weighted by molar-refractivity contribution is 5.86. The molecule has 2 rings (SSSR count). The Morgan fingerprint density at radius 3 is 2.36 bits per heavy atom. The molecule has 0 aromatic rings. The number of carbonyl (C=O) groups is 3. The first kappa shape index (κ1) is 16.7. The number of amides is 2. The molecule has 7 nitrogen and oxygen atoms in total. The van der Waals surface area contributed by atoms with Crippen molar-refractivity contribution in [1.29, 1.82) is 0 Å². The van der Waals surface area contributed by atoms with Crippen molar-refractivity contribution < 1.29 is 19.5 Å². The Hall–Kier alpha value is -1.63. The Bertz CT molecular complexity index is 444. The van der Waals surface area contributed by atoms with Crippen LogP contribution in [0.4, 0.5) is 0 Å². The number of likely N-dealkylation sites (tertiary alicyclic amines) is 1. The van der Waals surface area contributed by atoms with Crippen LogP contribution in [-0.2, 0) is 14.4 Å². The maximum atomic E-state index is 12.2. The highest BCUT2D eigenvalue weighted by atomic mass is 16.4. The van der Waals surface area contributed by atoms with Gasteiger partial charge in [-0.1, -0.05) is 0 Å². The summed E-state index contributed by atoms with van der Waals surface area (Å²) >= 11 is 0. The number of nitrogens with zero attached hydrogens (tertiary/aromatic N) is 3. The number of carbonyl (C=O) groups excluding carboxylic acids is 2. The van der Waals surface area contributed by atoms with Crippen molar-refractivity contribution in [2.24, 2.45) is 5.92 Å². The molecule has 1 atom stereocenters. The molecule has 0 radical (unpaired) electrons. The highest BCUT2D eigenvalue weighted by Crippen LogP contribution is 2.18. The van der Waals surface area contributed by atoms with Gasteiger partial charge in [-0.05, 0) is 13.8 Å². The van der Waals surface area contributed by atoms with Gasteiger partial charge in [-0.2, -0.15) is 0 Å². The van der Waals surface area contributed by atoms with Crippen LogP contribution in [0, 0.1) is 5.92 Å². The highest BCUT2D eigenvalue weighted by Gasteiger charge is 2.34. The second-order valence-electron chi connectivity index (χ2n) is 6.34. The molecule has 0 saturated carbocycles. The van der Waals surface area contributed by atoms with Gasteiger partial charge < -0.3 is 14.9 Å². The monoisotopic (exact) mass is 311 g/mol. The Labute approximate surface area is 130 Å². The van der Waals surface area contributed by atoms with Crippen LogP contribution in [0.3, 0.4) is 0 Å². The molecule has 124 valence electrons. The lowest BCUT2D eigenvalue weighted by Gasteiger charge is -2.37. The first-order chi connectivity index (χ1) is 10.4. The third kappa shape index (κ3) is 3.97. The fourth-order valence-corrected chi connectivity index (χ4v) is 3.03. The maximum absolute atomic E-state index is 12.2. The van der Waals surface area contributed by atoms with E-state index in [-0.39, 0.29) is 31.2 Å². The standard InChI is InChI=1S/C15H25N3O4/c1-11(2)16-5-7-17(8-6-16)13(19)3-4-18-10-12(15(21)22)9-14(18)20/h11-12H,3-10H2,1-2H3,(H,21,22)/t12-/m0/s1. The van der Waals surface area contributed by atoms with Crippen LogP contribution in [-0.4, -0.2) is 82.9 Å². The summed E-state index contributed by atoms with van der Waals surface area (Å²) in [6, 6.07) is 0.493. The van der Waals surface area contributed by atoms with Gasteiger partial charge in [0.15, 0.2) is 0 Å². The molecule has 2 heterocycles. The van der Waals surface area contributed by atoms with Crippen LogP contribution in [0.1, 0.15) is 26.7 Å². The van der Waals surface area contributed by atoms with E-state index in [4.69, 9.17) is 5.11 Å². The van der Waals surface area contributed by atoms with Gasteiger partial charge in [-0.25, -0.2) is 0 Å². The predicted octanol–water partition coefficient (Wildman–Crippen LogP) is -0.138. The van der Waals surface area contributed by atoms with E-state index >= 15 is 0 Å². The second kappa shape index (κ2) is 7.09. The van der Waals surface area contributed by atoms with E-state index in [1.54, 1.807) is 0 Å². The Morgan fingerprint density at radius 2 is 1.86 bits per heavy atom. The van der Waals surface area contributed by atoms with E-state index in [9.17, 15) is 14.4 Å². The summed E-state index contributed by atoms with van der Waals surface area (Å²) in [6.45, 7) is 8.06. The van der Waals surface area contributed by atoms with E-state index in [2.05, 4.69) is 18.7 Å². The normalized spacial score (nSPS) is 23.4. The fraction of sp³-hybridized carbons (Fsp3) is 0.800. The lowest BCUT2D eigenvalue weighted by atomic mass is 10.1. The molecule has 0 aromatic heterocycles. The molecule has 2 aliphatic rings. The number of carboxylic acid groups (broad SMARTS) is 1. The minimum absolute atomic E-state index is 0.0509. The van der Waals surface area contributed by atoms with E-state index in [0.29, 0.717) is 12.6 Å². The first-order valence-corrected chi connectivity index (χ1v) is 7.91. The predicted molar refractivity (Wildman–Crippen MR) is 80.2 cm³/mol. The average Bonchev–Trinajstić information content (AvgIpc) is 2.86. The molecule has 0 aliphatic carbocycles. The zero-order valence-electron chi connectivity index (χ0n) is 13.3. The summed E-state index contributed by atoms with van der Waals surface area (Å²) in [5.74, 6) is -1.68. The Morgan fingerprint density at radius 1 is 1.23 bits per heavy atom. The van der Waals surface area contributed by atoms with Gasteiger partial charge in [0.25, 0.3) is 0 Å². The Balaban J connectivity index is 1.74. The maximum Gasteiger partial charge on any atom is 0.308 e. The van der Waals surface area contributed by atoms with Crippen molar-refractivity contribution >= 4 is 17.8 Å². The molecule has 2 fully saturated rings. The summed E-state index contributed by atoms with van der Waals surface area (Å²) in [4.78, 5) is 40.5. The van der Waals surface area contributed by atoms with Crippen LogP contribution < -0.4 is 0 Å². The molecule has 1 N–H and O–H groups in total. The quantitative estimate of drug-likeness (QED) is 0.764. The molecule has 2 aliphatic heterocycles. The topological polar surface area (TPSA) is 81.2 Å². The van der Waals surface area contributed by atoms with Gasteiger partial charge in [-0.3, -0.25) is 19.3 Å². The van der Waals surface area contributed by atoms with Gasteiger partial charge in [0.2, 0.25) is 11.8 Å². The molecule has 0 aromatic carbocycles. The minimum Gasteiger partial charge on any atom is -0.481 e. The smallest absolute Gasteiger partial charge is 0.308 e. The van der Waals surface area contributed by atoms with Crippen molar-refractivity contribution in [1.82, 2.24) is 14.7 Å². The first-order valence-electron chi connectivity index (χ1n) is 7.91.